The molecule has 0 aliphatic heterocycles. The minimum absolute atomic E-state index is 0.409. The van der Waals surface area contributed by atoms with Gasteiger partial charge < -0.3 is 9.52 Å². The molecule has 0 saturated carbocycles. The SMILES string of the molecule is Cc1cc(C)c2c(=[NH+]CC(C)O)cc(-c3ccccc3)oc2c1. The highest BCUT2D eigenvalue weighted by Crippen LogP contribution is 2.24. The monoisotopic (exact) mass is 308 g/mol. The van der Waals surface area contributed by atoms with E-state index in [2.05, 4.69) is 31.0 Å². The van der Waals surface area contributed by atoms with Gasteiger partial charge >= 0.3 is 0 Å². The Morgan fingerprint density at radius 3 is 2.52 bits per heavy atom. The van der Waals surface area contributed by atoms with Crippen molar-refractivity contribution in [3.05, 3.63) is 65.0 Å². The maximum Gasteiger partial charge on any atom is 0.213 e. The van der Waals surface area contributed by atoms with Crippen molar-refractivity contribution in [1.29, 1.82) is 0 Å². The van der Waals surface area contributed by atoms with Crippen LogP contribution in [0.5, 0.6) is 0 Å². The van der Waals surface area contributed by atoms with E-state index in [1.54, 1.807) is 6.92 Å². The molecule has 0 fully saturated rings. The van der Waals surface area contributed by atoms with Crippen molar-refractivity contribution in [2.75, 3.05) is 6.54 Å². The minimum atomic E-state index is -0.409. The summed E-state index contributed by atoms with van der Waals surface area (Å²) in [4.78, 5) is 3.35. The van der Waals surface area contributed by atoms with Gasteiger partial charge in [-0.3, -0.25) is 0 Å². The average Bonchev–Trinajstić information content (AvgIpc) is 2.52. The first-order valence-corrected chi connectivity index (χ1v) is 7.90. The fraction of sp³-hybridized carbons (Fsp3) is 0.250. The summed E-state index contributed by atoms with van der Waals surface area (Å²) in [5.41, 5.74) is 4.23. The van der Waals surface area contributed by atoms with E-state index < -0.39 is 6.10 Å². The van der Waals surface area contributed by atoms with Crippen LogP contribution >= 0.6 is 0 Å². The van der Waals surface area contributed by atoms with Crippen molar-refractivity contribution >= 4 is 11.0 Å². The van der Waals surface area contributed by atoms with Crippen LogP contribution in [0.15, 0.2) is 52.9 Å². The Balaban J connectivity index is 2.31. The quantitative estimate of drug-likeness (QED) is 0.778. The molecule has 0 radical (unpaired) electrons. The van der Waals surface area contributed by atoms with E-state index in [4.69, 9.17) is 4.42 Å². The molecule has 0 spiro atoms. The van der Waals surface area contributed by atoms with Gasteiger partial charge in [0.1, 0.15) is 17.4 Å². The minimum Gasteiger partial charge on any atom is -0.456 e. The molecule has 0 aliphatic carbocycles. The summed E-state index contributed by atoms with van der Waals surface area (Å²) >= 11 is 0. The number of rotatable bonds is 3. The molecule has 23 heavy (non-hydrogen) atoms. The lowest BCUT2D eigenvalue weighted by molar-refractivity contribution is -0.508. The summed E-state index contributed by atoms with van der Waals surface area (Å²) in [6.45, 7) is 6.43. The molecular weight excluding hydrogens is 286 g/mol. The Kier molecular flexibility index (Phi) is 4.30. The van der Waals surface area contributed by atoms with Gasteiger partial charge in [0.05, 0.1) is 11.5 Å². The Hall–Kier alpha value is -2.39. The maximum absolute atomic E-state index is 9.60. The van der Waals surface area contributed by atoms with Crippen LogP contribution in [-0.4, -0.2) is 17.8 Å². The molecule has 3 aromatic rings. The smallest absolute Gasteiger partial charge is 0.213 e. The Morgan fingerprint density at radius 2 is 1.83 bits per heavy atom. The van der Waals surface area contributed by atoms with Crippen molar-refractivity contribution in [2.45, 2.75) is 26.9 Å². The van der Waals surface area contributed by atoms with Gasteiger partial charge in [-0.1, -0.05) is 36.4 Å². The third kappa shape index (κ3) is 3.35. The fourth-order valence-corrected chi connectivity index (χ4v) is 2.85. The number of hydrogen-bond acceptors (Lipinski definition) is 2. The van der Waals surface area contributed by atoms with E-state index in [-0.39, 0.29) is 0 Å². The van der Waals surface area contributed by atoms with Gasteiger partial charge in [0, 0.05) is 5.56 Å². The van der Waals surface area contributed by atoms with Crippen LogP contribution in [0.4, 0.5) is 0 Å². The molecule has 0 bridgehead atoms. The standard InChI is InChI=1S/C20H21NO2/c1-13-9-14(2)20-17(21-12-15(3)22)11-18(23-19(20)10-13)16-7-5-4-6-8-16/h4-11,15,22H,12H2,1-3H3/p+1. The van der Waals surface area contributed by atoms with Gasteiger partial charge in [-0.05, 0) is 38.0 Å². The second-order valence-corrected chi connectivity index (χ2v) is 6.08. The third-order valence-corrected chi connectivity index (χ3v) is 3.85. The van der Waals surface area contributed by atoms with Gasteiger partial charge in [-0.2, -0.15) is 0 Å². The van der Waals surface area contributed by atoms with Crippen LogP contribution in [-0.2, 0) is 0 Å². The van der Waals surface area contributed by atoms with E-state index >= 15 is 0 Å². The summed E-state index contributed by atoms with van der Waals surface area (Å²) in [5.74, 6) is 0.816. The van der Waals surface area contributed by atoms with Crippen LogP contribution in [0, 0.1) is 13.8 Å². The molecule has 2 N–H and O–H groups in total. The van der Waals surface area contributed by atoms with E-state index in [0.29, 0.717) is 6.54 Å². The van der Waals surface area contributed by atoms with Gasteiger partial charge in [-0.25, -0.2) is 4.99 Å². The predicted molar refractivity (Wildman–Crippen MR) is 91.8 cm³/mol. The summed E-state index contributed by atoms with van der Waals surface area (Å²) in [6, 6.07) is 16.3. The Bertz CT molecular complexity index is 893. The summed E-state index contributed by atoms with van der Waals surface area (Å²) in [5, 5.41) is 11.7. The fourth-order valence-electron chi connectivity index (χ4n) is 2.85. The number of fused-ring (bicyclic) bond motifs is 1. The molecule has 1 atom stereocenters. The van der Waals surface area contributed by atoms with E-state index in [0.717, 1.165) is 33.2 Å². The second-order valence-electron chi connectivity index (χ2n) is 6.08. The molecule has 1 aromatic heterocycles. The van der Waals surface area contributed by atoms with Crippen molar-refractivity contribution in [1.82, 2.24) is 0 Å². The highest BCUT2D eigenvalue weighted by Gasteiger charge is 2.12. The first kappa shape index (κ1) is 15.5. The molecule has 1 unspecified atom stereocenters. The van der Waals surface area contributed by atoms with E-state index in [1.807, 2.05) is 36.4 Å². The number of nitrogens with one attached hydrogen (secondary N) is 1. The van der Waals surface area contributed by atoms with Crippen LogP contribution in [0.2, 0.25) is 0 Å². The lowest BCUT2D eigenvalue weighted by Crippen LogP contribution is -2.78. The maximum atomic E-state index is 9.60. The summed E-state index contributed by atoms with van der Waals surface area (Å²) in [6.07, 6.45) is -0.409. The third-order valence-electron chi connectivity index (χ3n) is 3.85. The number of aryl methyl sites for hydroxylation is 2. The predicted octanol–water partition coefficient (Wildman–Crippen LogP) is 2.08. The molecule has 3 nitrogen and oxygen atoms in total. The highest BCUT2D eigenvalue weighted by atomic mass is 16.3. The van der Waals surface area contributed by atoms with E-state index in [1.165, 1.54) is 5.56 Å². The molecule has 3 heteroatoms. The second kappa shape index (κ2) is 6.39. The van der Waals surface area contributed by atoms with Crippen LogP contribution in [0.1, 0.15) is 18.1 Å². The Morgan fingerprint density at radius 1 is 1.09 bits per heavy atom. The van der Waals surface area contributed by atoms with Crippen molar-refractivity contribution < 1.29 is 14.5 Å². The van der Waals surface area contributed by atoms with Crippen LogP contribution in [0.25, 0.3) is 22.3 Å². The molecule has 1 heterocycles. The highest BCUT2D eigenvalue weighted by molar-refractivity contribution is 5.82. The largest absolute Gasteiger partial charge is 0.456 e. The van der Waals surface area contributed by atoms with Crippen molar-refractivity contribution in [2.24, 2.45) is 0 Å². The molecular formula is C20H22NO2+. The summed E-state index contributed by atoms with van der Waals surface area (Å²) < 4.78 is 6.15. The lowest BCUT2D eigenvalue weighted by Gasteiger charge is -2.06. The molecule has 0 amide bonds. The van der Waals surface area contributed by atoms with Crippen LogP contribution < -0.4 is 10.3 Å². The number of aliphatic hydroxyl groups excluding tert-OH is 1. The topological polar surface area (TPSA) is 47.3 Å². The number of aliphatic hydroxyl groups is 1. The zero-order valence-electron chi connectivity index (χ0n) is 13.8. The molecule has 0 saturated heterocycles. The number of benzene rings is 2. The summed E-state index contributed by atoms with van der Waals surface area (Å²) in [7, 11) is 0. The van der Waals surface area contributed by atoms with Crippen molar-refractivity contribution in [3.63, 3.8) is 0 Å². The van der Waals surface area contributed by atoms with Gasteiger partial charge in [0.25, 0.3) is 0 Å². The zero-order valence-corrected chi connectivity index (χ0v) is 13.8. The molecule has 2 aromatic carbocycles. The zero-order chi connectivity index (χ0) is 16.4. The lowest BCUT2D eigenvalue weighted by atomic mass is 10.0. The molecule has 0 aliphatic rings. The first-order valence-electron chi connectivity index (χ1n) is 7.90. The van der Waals surface area contributed by atoms with Gasteiger partial charge in [0.15, 0.2) is 6.54 Å². The first-order chi connectivity index (χ1) is 11.0. The Labute approximate surface area is 135 Å². The molecule has 118 valence electrons. The van der Waals surface area contributed by atoms with Crippen molar-refractivity contribution in [3.8, 4) is 11.3 Å². The van der Waals surface area contributed by atoms with Crippen LogP contribution in [0.3, 0.4) is 0 Å². The number of hydrogen-bond donors (Lipinski definition) is 2. The van der Waals surface area contributed by atoms with Gasteiger partial charge in [-0.15, -0.1) is 0 Å². The normalized spacial score (nSPS) is 13.5. The van der Waals surface area contributed by atoms with Gasteiger partial charge in [0.2, 0.25) is 5.36 Å². The average molecular weight is 308 g/mol. The van der Waals surface area contributed by atoms with E-state index in [9.17, 15) is 5.11 Å². The molecule has 3 rings (SSSR count).